The lowest BCUT2D eigenvalue weighted by Gasteiger charge is -2.39. The normalized spacial score (nSPS) is 19.5. The number of hydrogen-bond acceptors (Lipinski definition) is 4. The number of carbonyl (C=O) groups is 2. The molecule has 0 saturated carbocycles. The lowest BCUT2D eigenvalue weighted by atomic mass is 9.80. The van der Waals surface area contributed by atoms with Crippen molar-refractivity contribution in [3.8, 4) is 0 Å². The average Bonchev–Trinajstić information content (AvgIpc) is 3.15. The van der Waals surface area contributed by atoms with Crippen LogP contribution in [0.1, 0.15) is 35.1 Å². The number of rotatable bonds is 4. The van der Waals surface area contributed by atoms with Crippen molar-refractivity contribution in [3.05, 3.63) is 65.2 Å². The highest BCUT2D eigenvalue weighted by atomic mass is 32.1. The molecule has 6 heteroatoms. The largest absolute Gasteiger partial charge is 0.349 e. The summed E-state index contributed by atoms with van der Waals surface area (Å²) >= 11 is 1.60. The second-order valence-electron chi connectivity index (χ2n) is 7.51. The summed E-state index contributed by atoms with van der Waals surface area (Å²) in [7, 11) is 0. The Kier molecular flexibility index (Phi) is 5.13. The molecule has 28 heavy (non-hydrogen) atoms. The molecule has 0 radical (unpaired) electrons. The SMILES string of the molecule is C[C@]1(C(=O)NCc2nc3ccccc3s2)CCCN(C(=O)c2ccccc2)C1. The molecule has 1 aliphatic rings. The molecule has 0 spiro atoms. The Morgan fingerprint density at radius 1 is 1.14 bits per heavy atom. The summed E-state index contributed by atoms with van der Waals surface area (Å²) in [6.45, 7) is 3.49. The van der Waals surface area contributed by atoms with Gasteiger partial charge in [0.1, 0.15) is 5.01 Å². The molecule has 1 aliphatic heterocycles. The number of likely N-dealkylation sites (tertiary alicyclic amines) is 1. The van der Waals surface area contributed by atoms with Crippen molar-refractivity contribution < 1.29 is 9.59 Å². The molecule has 2 amide bonds. The molecular formula is C22H23N3O2S. The molecule has 1 saturated heterocycles. The van der Waals surface area contributed by atoms with E-state index in [1.165, 1.54) is 0 Å². The molecule has 144 valence electrons. The van der Waals surface area contributed by atoms with Crippen LogP contribution in [0, 0.1) is 5.41 Å². The first kappa shape index (κ1) is 18.6. The van der Waals surface area contributed by atoms with E-state index in [2.05, 4.69) is 10.3 Å². The van der Waals surface area contributed by atoms with Crippen LogP contribution >= 0.6 is 11.3 Å². The summed E-state index contributed by atoms with van der Waals surface area (Å²) in [6.07, 6.45) is 1.60. The van der Waals surface area contributed by atoms with Gasteiger partial charge in [0.15, 0.2) is 0 Å². The van der Waals surface area contributed by atoms with Gasteiger partial charge in [0, 0.05) is 18.7 Å². The highest BCUT2D eigenvalue weighted by Crippen LogP contribution is 2.31. The van der Waals surface area contributed by atoms with E-state index in [1.807, 2.05) is 61.5 Å². The zero-order valence-electron chi connectivity index (χ0n) is 15.9. The van der Waals surface area contributed by atoms with Gasteiger partial charge in [-0.3, -0.25) is 9.59 Å². The zero-order chi connectivity index (χ0) is 19.6. The monoisotopic (exact) mass is 393 g/mol. The molecule has 1 fully saturated rings. The first-order valence-corrected chi connectivity index (χ1v) is 10.3. The van der Waals surface area contributed by atoms with Crippen LogP contribution in [0.4, 0.5) is 0 Å². The Hall–Kier alpha value is -2.73. The Balaban J connectivity index is 1.41. The fraction of sp³-hybridized carbons (Fsp3) is 0.318. The number of para-hydroxylation sites is 1. The van der Waals surface area contributed by atoms with Gasteiger partial charge in [-0.15, -0.1) is 11.3 Å². The second-order valence-corrected chi connectivity index (χ2v) is 8.63. The van der Waals surface area contributed by atoms with Gasteiger partial charge in [-0.1, -0.05) is 30.3 Å². The molecule has 1 N–H and O–H groups in total. The van der Waals surface area contributed by atoms with Crippen molar-refractivity contribution in [1.82, 2.24) is 15.2 Å². The van der Waals surface area contributed by atoms with Gasteiger partial charge in [-0.05, 0) is 44.0 Å². The van der Waals surface area contributed by atoms with Gasteiger partial charge in [-0.25, -0.2) is 4.98 Å². The Bertz CT molecular complexity index is 968. The number of piperidine rings is 1. The lowest BCUT2D eigenvalue weighted by Crippen LogP contribution is -2.51. The maximum absolute atomic E-state index is 12.9. The number of hydrogen-bond donors (Lipinski definition) is 1. The number of thiazole rings is 1. The minimum Gasteiger partial charge on any atom is -0.349 e. The summed E-state index contributed by atoms with van der Waals surface area (Å²) in [6, 6.07) is 17.2. The molecule has 0 bridgehead atoms. The van der Waals surface area contributed by atoms with Crippen LogP contribution < -0.4 is 5.32 Å². The molecule has 5 nitrogen and oxygen atoms in total. The van der Waals surface area contributed by atoms with Crippen LogP contribution in [0.2, 0.25) is 0 Å². The highest BCUT2D eigenvalue weighted by molar-refractivity contribution is 7.18. The van der Waals surface area contributed by atoms with Crippen LogP contribution in [0.25, 0.3) is 10.2 Å². The fourth-order valence-electron chi connectivity index (χ4n) is 3.73. The third kappa shape index (κ3) is 3.78. The van der Waals surface area contributed by atoms with Gasteiger partial charge in [0.2, 0.25) is 5.91 Å². The van der Waals surface area contributed by atoms with Crippen LogP contribution in [-0.4, -0.2) is 34.8 Å². The van der Waals surface area contributed by atoms with Crippen LogP contribution in [0.3, 0.4) is 0 Å². The standard InChI is InChI=1S/C22H23N3O2S/c1-22(12-7-13-25(15-22)20(26)16-8-3-2-4-9-16)21(27)23-14-19-24-17-10-5-6-11-18(17)28-19/h2-6,8-11H,7,12-15H2,1H3,(H,23,27)/t22-/m0/s1. The minimum atomic E-state index is -0.584. The Morgan fingerprint density at radius 3 is 2.68 bits per heavy atom. The van der Waals surface area contributed by atoms with Gasteiger partial charge in [0.05, 0.1) is 22.2 Å². The van der Waals surface area contributed by atoms with Gasteiger partial charge < -0.3 is 10.2 Å². The highest BCUT2D eigenvalue weighted by Gasteiger charge is 2.39. The third-order valence-electron chi connectivity index (χ3n) is 5.29. The quantitative estimate of drug-likeness (QED) is 0.732. The Morgan fingerprint density at radius 2 is 1.89 bits per heavy atom. The molecule has 2 heterocycles. The van der Waals surface area contributed by atoms with Crippen LogP contribution in [0.15, 0.2) is 54.6 Å². The predicted octanol–water partition coefficient (Wildman–Crippen LogP) is 3.86. The van der Waals surface area contributed by atoms with Gasteiger partial charge in [-0.2, -0.15) is 0 Å². The van der Waals surface area contributed by atoms with E-state index >= 15 is 0 Å². The lowest BCUT2D eigenvalue weighted by molar-refractivity contribution is -0.132. The molecule has 1 atom stereocenters. The van der Waals surface area contributed by atoms with Crippen LogP contribution in [0.5, 0.6) is 0 Å². The number of amides is 2. The molecular weight excluding hydrogens is 370 g/mol. The number of nitrogens with zero attached hydrogens (tertiary/aromatic N) is 2. The summed E-state index contributed by atoms with van der Waals surface area (Å²) in [5, 5.41) is 3.94. The average molecular weight is 394 g/mol. The van der Waals surface area contributed by atoms with Crippen molar-refractivity contribution in [2.24, 2.45) is 5.41 Å². The zero-order valence-corrected chi connectivity index (χ0v) is 16.7. The summed E-state index contributed by atoms with van der Waals surface area (Å²) in [4.78, 5) is 32.1. The van der Waals surface area contributed by atoms with E-state index in [1.54, 1.807) is 16.2 Å². The van der Waals surface area contributed by atoms with Crippen LogP contribution in [-0.2, 0) is 11.3 Å². The molecule has 2 aromatic carbocycles. The minimum absolute atomic E-state index is 0.00880. The first-order chi connectivity index (χ1) is 13.5. The van der Waals surface area contributed by atoms with E-state index in [9.17, 15) is 9.59 Å². The van der Waals surface area contributed by atoms with Crippen molar-refractivity contribution in [2.75, 3.05) is 13.1 Å². The smallest absolute Gasteiger partial charge is 0.253 e. The number of fused-ring (bicyclic) bond motifs is 1. The molecule has 3 aromatic rings. The number of carbonyl (C=O) groups excluding carboxylic acids is 2. The number of nitrogens with one attached hydrogen (secondary N) is 1. The van der Waals surface area contributed by atoms with Gasteiger partial charge >= 0.3 is 0 Å². The van der Waals surface area contributed by atoms with E-state index in [0.717, 1.165) is 28.1 Å². The summed E-state index contributed by atoms with van der Waals surface area (Å²) < 4.78 is 1.12. The van der Waals surface area contributed by atoms with Gasteiger partial charge in [0.25, 0.3) is 5.91 Å². The van der Waals surface area contributed by atoms with E-state index in [-0.39, 0.29) is 11.8 Å². The molecule has 0 unspecified atom stereocenters. The fourth-order valence-corrected chi connectivity index (χ4v) is 4.63. The molecule has 1 aromatic heterocycles. The summed E-state index contributed by atoms with van der Waals surface area (Å²) in [5.74, 6) is -0.0252. The molecule has 4 rings (SSSR count). The second kappa shape index (κ2) is 7.72. The summed E-state index contributed by atoms with van der Waals surface area (Å²) in [5.41, 5.74) is 1.04. The van der Waals surface area contributed by atoms with E-state index < -0.39 is 5.41 Å². The third-order valence-corrected chi connectivity index (χ3v) is 6.33. The Labute approximate surface area is 168 Å². The van der Waals surface area contributed by atoms with Crippen molar-refractivity contribution in [1.29, 1.82) is 0 Å². The maximum Gasteiger partial charge on any atom is 0.253 e. The first-order valence-electron chi connectivity index (χ1n) is 9.52. The van der Waals surface area contributed by atoms with Crippen molar-refractivity contribution >= 4 is 33.4 Å². The van der Waals surface area contributed by atoms with Crippen molar-refractivity contribution in [3.63, 3.8) is 0 Å². The van der Waals surface area contributed by atoms with E-state index in [0.29, 0.717) is 25.2 Å². The predicted molar refractivity (Wildman–Crippen MR) is 111 cm³/mol. The molecule has 0 aliphatic carbocycles. The van der Waals surface area contributed by atoms with Crippen molar-refractivity contribution in [2.45, 2.75) is 26.3 Å². The topological polar surface area (TPSA) is 62.3 Å². The number of benzene rings is 2. The number of aromatic nitrogens is 1. The van der Waals surface area contributed by atoms with E-state index in [4.69, 9.17) is 0 Å². The maximum atomic E-state index is 12.9.